The Morgan fingerprint density at radius 1 is 1.15 bits per heavy atom. The maximum absolute atomic E-state index is 4.48. The Kier molecular flexibility index (Phi) is 3.73. The molecule has 2 heterocycles. The lowest BCUT2D eigenvalue weighted by atomic mass is 10.1. The number of rotatable bonds is 7. The fourth-order valence-electron chi connectivity index (χ4n) is 3.18. The van der Waals surface area contributed by atoms with Crippen LogP contribution in [0.15, 0.2) is 5.16 Å². The molecule has 3 aliphatic rings. The third-order valence-corrected chi connectivity index (χ3v) is 5.67. The standard InChI is InChI=1S/C15H24N4S/c1-3-12(16-9-1)4-2-10-20-15-18-17-14(11-5-6-11)19(15)13-7-8-13/h11-13,16H,1-10H2. The number of nitrogens with one attached hydrogen (secondary N) is 1. The smallest absolute Gasteiger partial charge is 0.191 e. The van der Waals surface area contributed by atoms with Crippen LogP contribution in [0.25, 0.3) is 0 Å². The fraction of sp³-hybridized carbons (Fsp3) is 0.867. The van der Waals surface area contributed by atoms with Crippen molar-refractivity contribution in [3.8, 4) is 0 Å². The van der Waals surface area contributed by atoms with Gasteiger partial charge in [-0.25, -0.2) is 0 Å². The maximum Gasteiger partial charge on any atom is 0.191 e. The summed E-state index contributed by atoms with van der Waals surface area (Å²) in [6.07, 6.45) is 10.6. The number of hydrogen-bond acceptors (Lipinski definition) is 4. The van der Waals surface area contributed by atoms with E-state index in [1.165, 1.54) is 74.6 Å². The minimum atomic E-state index is 0.722. The van der Waals surface area contributed by atoms with Crippen LogP contribution in [0.2, 0.25) is 0 Å². The van der Waals surface area contributed by atoms with Crippen molar-refractivity contribution >= 4 is 11.8 Å². The van der Waals surface area contributed by atoms with Gasteiger partial charge in [-0.15, -0.1) is 10.2 Å². The van der Waals surface area contributed by atoms with Crippen LogP contribution >= 0.6 is 11.8 Å². The van der Waals surface area contributed by atoms with Crippen LogP contribution in [0.3, 0.4) is 0 Å². The van der Waals surface area contributed by atoms with Gasteiger partial charge in [0.1, 0.15) is 5.82 Å². The Bertz CT molecular complexity index is 458. The van der Waals surface area contributed by atoms with Gasteiger partial charge < -0.3 is 9.88 Å². The third-order valence-electron chi connectivity index (χ3n) is 4.64. The Morgan fingerprint density at radius 2 is 2.05 bits per heavy atom. The van der Waals surface area contributed by atoms with E-state index in [4.69, 9.17) is 0 Å². The summed E-state index contributed by atoms with van der Waals surface area (Å²) in [5, 5.41) is 13.7. The van der Waals surface area contributed by atoms with Crippen LogP contribution < -0.4 is 5.32 Å². The second kappa shape index (κ2) is 5.68. The van der Waals surface area contributed by atoms with Crippen molar-refractivity contribution in [2.45, 2.75) is 74.5 Å². The van der Waals surface area contributed by atoms with Crippen molar-refractivity contribution in [2.24, 2.45) is 0 Å². The van der Waals surface area contributed by atoms with Crippen molar-refractivity contribution in [1.29, 1.82) is 0 Å². The predicted octanol–water partition coefficient (Wildman–Crippen LogP) is 3.11. The van der Waals surface area contributed by atoms with Gasteiger partial charge in [0, 0.05) is 23.8 Å². The lowest BCUT2D eigenvalue weighted by Crippen LogP contribution is -2.21. The van der Waals surface area contributed by atoms with Crippen LogP contribution in [-0.2, 0) is 0 Å². The molecule has 20 heavy (non-hydrogen) atoms. The van der Waals surface area contributed by atoms with Gasteiger partial charge in [0.2, 0.25) is 0 Å². The van der Waals surface area contributed by atoms with Crippen molar-refractivity contribution in [2.75, 3.05) is 12.3 Å². The Balaban J connectivity index is 1.31. The molecule has 2 aliphatic carbocycles. The summed E-state index contributed by atoms with van der Waals surface area (Å²) < 4.78 is 2.47. The highest BCUT2D eigenvalue weighted by atomic mass is 32.2. The predicted molar refractivity (Wildman–Crippen MR) is 81.3 cm³/mol. The lowest BCUT2D eigenvalue weighted by Gasteiger charge is -2.10. The molecule has 0 radical (unpaired) electrons. The molecule has 0 bridgehead atoms. The van der Waals surface area contributed by atoms with E-state index in [1.807, 2.05) is 11.8 Å². The first-order chi connectivity index (χ1) is 9.92. The molecule has 1 saturated heterocycles. The zero-order valence-electron chi connectivity index (χ0n) is 12.1. The first kappa shape index (κ1) is 13.1. The van der Waals surface area contributed by atoms with Gasteiger partial charge in [-0.3, -0.25) is 0 Å². The monoisotopic (exact) mass is 292 g/mol. The van der Waals surface area contributed by atoms with Gasteiger partial charge in [-0.2, -0.15) is 0 Å². The first-order valence-corrected chi connectivity index (χ1v) is 9.21. The Morgan fingerprint density at radius 3 is 2.75 bits per heavy atom. The molecule has 1 N–H and O–H groups in total. The summed E-state index contributed by atoms with van der Waals surface area (Å²) in [5.74, 6) is 3.20. The molecule has 4 rings (SSSR count). The minimum Gasteiger partial charge on any atom is -0.314 e. The van der Waals surface area contributed by atoms with E-state index in [9.17, 15) is 0 Å². The molecule has 2 saturated carbocycles. The molecule has 4 nitrogen and oxygen atoms in total. The van der Waals surface area contributed by atoms with Crippen LogP contribution in [-0.4, -0.2) is 33.1 Å². The summed E-state index contributed by atoms with van der Waals surface area (Å²) in [6.45, 7) is 1.22. The Hall–Kier alpha value is -0.550. The summed E-state index contributed by atoms with van der Waals surface area (Å²) >= 11 is 1.93. The first-order valence-electron chi connectivity index (χ1n) is 8.23. The minimum absolute atomic E-state index is 0.722. The quantitative estimate of drug-likeness (QED) is 0.619. The largest absolute Gasteiger partial charge is 0.314 e. The average molecular weight is 292 g/mol. The van der Waals surface area contributed by atoms with Crippen LogP contribution in [0.4, 0.5) is 0 Å². The highest BCUT2D eigenvalue weighted by Crippen LogP contribution is 2.46. The molecule has 1 aliphatic heterocycles. The van der Waals surface area contributed by atoms with Crippen molar-refractivity contribution in [3.63, 3.8) is 0 Å². The summed E-state index contributed by atoms with van der Waals surface area (Å²) in [7, 11) is 0. The molecule has 1 aromatic rings. The maximum atomic E-state index is 4.48. The molecule has 5 heteroatoms. The molecular weight excluding hydrogens is 268 g/mol. The molecule has 1 atom stereocenters. The molecule has 1 aromatic heterocycles. The zero-order chi connectivity index (χ0) is 13.4. The second-order valence-corrected chi connectivity index (χ2v) is 7.56. The van der Waals surface area contributed by atoms with E-state index in [0.717, 1.165) is 18.0 Å². The third kappa shape index (κ3) is 2.89. The van der Waals surface area contributed by atoms with E-state index >= 15 is 0 Å². The van der Waals surface area contributed by atoms with Gasteiger partial charge in [-0.05, 0) is 57.9 Å². The highest BCUT2D eigenvalue weighted by Gasteiger charge is 2.36. The molecule has 110 valence electrons. The molecule has 1 unspecified atom stereocenters. The van der Waals surface area contributed by atoms with Crippen LogP contribution in [0, 0.1) is 0 Å². The average Bonchev–Trinajstić information content (AvgIpc) is 3.39. The molecule has 3 fully saturated rings. The topological polar surface area (TPSA) is 42.7 Å². The van der Waals surface area contributed by atoms with Gasteiger partial charge in [0.05, 0.1) is 0 Å². The molecule has 0 amide bonds. The number of hydrogen-bond donors (Lipinski definition) is 1. The van der Waals surface area contributed by atoms with Crippen molar-refractivity contribution in [1.82, 2.24) is 20.1 Å². The summed E-state index contributed by atoms with van der Waals surface area (Å²) in [6, 6.07) is 1.50. The lowest BCUT2D eigenvalue weighted by molar-refractivity contribution is 0.553. The fourth-order valence-corrected chi connectivity index (χ4v) is 4.15. The second-order valence-electron chi connectivity index (χ2n) is 6.50. The van der Waals surface area contributed by atoms with Gasteiger partial charge in [-0.1, -0.05) is 11.8 Å². The number of thioether (sulfide) groups is 1. The molecule has 0 aromatic carbocycles. The van der Waals surface area contributed by atoms with Gasteiger partial charge >= 0.3 is 0 Å². The van der Waals surface area contributed by atoms with E-state index < -0.39 is 0 Å². The zero-order valence-corrected chi connectivity index (χ0v) is 12.9. The normalized spacial score (nSPS) is 26.3. The van der Waals surface area contributed by atoms with Crippen molar-refractivity contribution in [3.05, 3.63) is 5.82 Å². The van der Waals surface area contributed by atoms with Crippen molar-refractivity contribution < 1.29 is 0 Å². The number of aromatic nitrogens is 3. The van der Waals surface area contributed by atoms with E-state index in [-0.39, 0.29) is 0 Å². The van der Waals surface area contributed by atoms with E-state index in [2.05, 4.69) is 20.1 Å². The summed E-state index contributed by atoms with van der Waals surface area (Å²) in [5.41, 5.74) is 0. The molecule has 0 spiro atoms. The summed E-state index contributed by atoms with van der Waals surface area (Å²) in [4.78, 5) is 0. The van der Waals surface area contributed by atoms with Crippen LogP contribution in [0.5, 0.6) is 0 Å². The Labute approximate surface area is 125 Å². The number of nitrogens with zero attached hydrogens (tertiary/aromatic N) is 3. The van der Waals surface area contributed by atoms with Crippen LogP contribution in [0.1, 0.15) is 69.2 Å². The van der Waals surface area contributed by atoms with E-state index in [0.29, 0.717) is 0 Å². The SMILES string of the molecule is C1CNC(CCCSc2nnc(C3CC3)n2C2CC2)C1. The highest BCUT2D eigenvalue weighted by molar-refractivity contribution is 7.99. The van der Waals surface area contributed by atoms with E-state index in [1.54, 1.807) is 0 Å². The molecular formula is C15H24N4S. The van der Waals surface area contributed by atoms with Gasteiger partial charge in [0.15, 0.2) is 5.16 Å². The van der Waals surface area contributed by atoms with Gasteiger partial charge in [0.25, 0.3) is 0 Å².